The number of benzene rings is 1. The highest BCUT2D eigenvalue weighted by molar-refractivity contribution is 6.72. The van der Waals surface area contributed by atoms with E-state index in [0.717, 1.165) is 13.0 Å². The molecule has 1 rings (SSSR count). The molecule has 1 nitrogen and oxygen atoms in total. The zero-order valence-corrected chi connectivity index (χ0v) is 8.99. The summed E-state index contributed by atoms with van der Waals surface area (Å²) in [5, 5.41) is 1.27. The summed E-state index contributed by atoms with van der Waals surface area (Å²) in [6, 6.07) is 10.3. The van der Waals surface area contributed by atoms with Crippen molar-refractivity contribution in [3.63, 3.8) is 0 Å². The van der Waals surface area contributed by atoms with E-state index in [4.69, 9.17) is 4.43 Å². The van der Waals surface area contributed by atoms with Crippen LogP contribution >= 0.6 is 0 Å². The van der Waals surface area contributed by atoms with E-state index in [0.29, 0.717) is 0 Å². The van der Waals surface area contributed by atoms with Crippen molar-refractivity contribution in [1.29, 1.82) is 0 Å². The van der Waals surface area contributed by atoms with Crippen LogP contribution in [0.3, 0.4) is 0 Å². The Hall–Kier alpha value is -0.863. The topological polar surface area (TPSA) is 9.23 Å². The first-order valence-electron chi connectivity index (χ1n) is 4.56. The van der Waals surface area contributed by atoms with Crippen molar-refractivity contribution in [3.8, 4) is 0 Å². The van der Waals surface area contributed by atoms with Gasteiger partial charge in [-0.15, -0.1) is 6.58 Å². The number of rotatable bonds is 5. The van der Waals surface area contributed by atoms with Crippen LogP contribution in [0.1, 0.15) is 13.3 Å². The molecule has 1 aromatic carbocycles. The molecule has 0 aliphatic heterocycles. The van der Waals surface area contributed by atoms with Gasteiger partial charge in [0.25, 0.3) is 9.04 Å². The highest BCUT2D eigenvalue weighted by atomic mass is 28.3. The summed E-state index contributed by atoms with van der Waals surface area (Å²) in [5.74, 6) is 0. The van der Waals surface area contributed by atoms with Crippen LogP contribution in [0.25, 0.3) is 0 Å². The van der Waals surface area contributed by atoms with Crippen LogP contribution in [0, 0.1) is 0 Å². The van der Waals surface area contributed by atoms with Crippen molar-refractivity contribution < 1.29 is 4.43 Å². The summed E-state index contributed by atoms with van der Waals surface area (Å²) in [7, 11) is -0.960. The van der Waals surface area contributed by atoms with E-state index in [1.54, 1.807) is 0 Å². The number of hydrogen-bond acceptors (Lipinski definition) is 1. The fourth-order valence-corrected chi connectivity index (χ4v) is 2.54. The lowest BCUT2D eigenvalue weighted by Crippen LogP contribution is -2.31. The van der Waals surface area contributed by atoms with Crippen molar-refractivity contribution in [2.75, 3.05) is 6.61 Å². The van der Waals surface area contributed by atoms with Crippen LogP contribution in [0.5, 0.6) is 0 Å². The van der Waals surface area contributed by atoms with Gasteiger partial charge in [-0.2, -0.15) is 0 Å². The predicted molar refractivity (Wildman–Crippen MR) is 58.3 cm³/mol. The molecule has 2 heteroatoms. The molecule has 69 valence electrons. The van der Waals surface area contributed by atoms with Crippen molar-refractivity contribution in [1.82, 2.24) is 0 Å². The molecule has 0 amide bonds. The van der Waals surface area contributed by atoms with E-state index in [1.165, 1.54) is 5.19 Å². The molecule has 1 radical (unpaired) electrons. The second-order valence-electron chi connectivity index (χ2n) is 2.78. The van der Waals surface area contributed by atoms with Gasteiger partial charge in [0.05, 0.1) is 0 Å². The summed E-state index contributed by atoms with van der Waals surface area (Å²) in [5.41, 5.74) is 1.94. The molecule has 0 saturated heterocycles. The Balaban J connectivity index is 2.61. The monoisotopic (exact) mass is 191 g/mol. The van der Waals surface area contributed by atoms with Crippen molar-refractivity contribution >= 4 is 14.2 Å². The Morgan fingerprint density at radius 1 is 1.38 bits per heavy atom. The molecule has 0 heterocycles. The van der Waals surface area contributed by atoms with Gasteiger partial charge < -0.3 is 4.43 Å². The molecule has 0 spiro atoms. The average molecular weight is 191 g/mol. The normalized spacial score (nSPS) is 10.3. The van der Waals surface area contributed by atoms with Gasteiger partial charge in [0.2, 0.25) is 0 Å². The van der Waals surface area contributed by atoms with E-state index in [-0.39, 0.29) is 0 Å². The van der Waals surface area contributed by atoms with E-state index < -0.39 is 9.04 Å². The minimum absolute atomic E-state index is 0.829. The molecular weight excluding hydrogens is 176 g/mol. The van der Waals surface area contributed by atoms with Gasteiger partial charge in [-0.1, -0.05) is 43.0 Å². The molecule has 1 aromatic rings. The number of hydrogen-bond donors (Lipinski definition) is 0. The summed E-state index contributed by atoms with van der Waals surface area (Å²) in [4.78, 5) is 0. The minimum Gasteiger partial charge on any atom is -0.408 e. The molecule has 0 atom stereocenters. The van der Waals surface area contributed by atoms with Crippen LogP contribution in [0.4, 0.5) is 0 Å². The van der Waals surface area contributed by atoms with Crippen molar-refractivity contribution in [2.24, 2.45) is 0 Å². The summed E-state index contributed by atoms with van der Waals surface area (Å²) < 4.78 is 5.71. The Morgan fingerprint density at radius 2 is 2.08 bits per heavy atom. The van der Waals surface area contributed by atoms with Crippen molar-refractivity contribution in [2.45, 2.75) is 13.3 Å². The zero-order valence-electron chi connectivity index (χ0n) is 7.99. The molecule has 0 aliphatic carbocycles. The van der Waals surface area contributed by atoms with Gasteiger partial charge in [0.15, 0.2) is 0 Å². The van der Waals surface area contributed by atoms with Gasteiger partial charge in [-0.25, -0.2) is 0 Å². The van der Waals surface area contributed by atoms with Crippen LogP contribution in [-0.2, 0) is 4.43 Å². The molecule has 0 aromatic heterocycles. The smallest absolute Gasteiger partial charge is 0.274 e. The first-order valence-corrected chi connectivity index (χ1v) is 6.04. The molecular formula is C11H15OSi. The maximum absolute atomic E-state index is 5.71. The second-order valence-corrected chi connectivity index (χ2v) is 4.79. The fraction of sp³-hybridized carbons (Fsp3) is 0.273. The average Bonchev–Trinajstić information content (AvgIpc) is 2.21. The summed E-state index contributed by atoms with van der Waals surface area (Å²) in [6.45, 7) is 6.76. The Bertz CT molecular complexity index is 246. The maximum Gasteiger partial charge on any atom is 0.274 e. The van der Waals surface area contributed by atoms with Crippen LogP contribution in [-0.4, -0.2) is 15.6 Å². The van der Waals surface area contributed by atoms with Gasteiger partial charge in [-0.3, -0.25) is 0 Å². The lowest BCUT2D eigenvalue weighted by Gasteiger charge is -2.10. The lowest BCUT2D eigenvalue weighted by atomic mass is 10.4. The molecule has 0 fully saturated rings. The Labute approximate surface area is 81.8 Å². The first kappa shape index (κ1) is 10.2. The third-order valence-electron chi connectivity index (χ3n) is 1.71. The maximum atomic E-state index is 5.71. The van der Waals surface area contributed by atoms with Gasteiger partial charge in [0.1, 0.15) is 0 Å². The quantitative estimate of drug-likeness (QED) is 0.647. The predicted octanol–water partition coefficient (Wildman–Crippen LogP) is 2.04. The molecule has 0 saturated carbocycles. The fourth-order valence-electron chi connectivity index (χ4n) is 1.07. The third kappa shape index (κ3) is 3.17. The Kier molecular flexibility index (Phi) is 4.50. The highest BCUT2D eigenvalue weighted by Gasteiger charge is 2.10. The SMILES string of the molecule is C=C[Si](OCCC)c1ccccc1. The van der Waals surface area contributed by atoms with Gasteiger partial charge in [-0.05, 0) is 11.6 Å². The third-order valence-corrected chi connectivity index (χ3v) is 3.49. The van der Waals surface area contributed by atoms with E-state index >= 15 is 0 Å². The first-order chi connectivity index (χ1) is 6.38. The molecule has 0 N–H and O–H groups in total. The minimum atomic E-state index is -0.960. The zero-order chi connectivity index (χ0) is 9.52. The van der Waals surface area contributed by atoms with Gasteiger partial charge >= 0.3 is 0 Å². The van der Waals surface area contributed by atoms with Crippen molar-refractivity contribution in [3.05, 3.63) is 42.6 Å². The standard InChI is InChI=1S/C11H15OSi/c1-3-10-12-13(4-2)11-8-6-5-7-9-11/h4-9H,2-3,10H2,1H3. The van der Waals surface area contributed by atoms with E-state index in [9.17, 15) is 0 Å². The van der Waals surface area contributed by atoms with E-state index in [1.807, 2.05) is 23.9 Å². The van der Waals surface area contributed by atoms with Crippen LogP contribution in [0.2, 0.25) is 0 Å². The summed E-state index contributed by atoms with van der Waals surface area (Å²) in [6.07, 6.45) is 1.06. The second kappa shape index (κ2) is 5.73. The largest absolute Gasteiger partial charge is 0.408 e. The summed E-state index contributed by atoms with van der Waals surface area (Å²) >= 11 is 0. The molecule has 0 aliphatic rings. The molecule has 13 heavy (non-hydrogen) atoms. The highest BCUT2D eigenvalue weighted by Crippen LogP contribution is 1.93. The van der Waals surface area contributed by atoms with Crippen LogP contribution < -0.4 is 5.19 Å². The Morgan fingerprint density at radius 3 is 2.62 bits per heavy atom. The molecule has 0 bridgehead atoms. The van der Waals surface area contributed by atoms with Crippen LogP contribution in [0.15, 0.2) is 42.6 Å². The lowest BCUT2D eigenvalue weighted by molar-refractivity contribution is 0.332. The molecule has 0 unspecified atom stereocenters. The van der Waals surface area contributed by atoms with Gasteiger partial charge in [0, 0.05) is 6.61 Å². The van der Waals surface area contributed by atoms with E-state index in [2.05, 4.69) is 25.6 Å².